The minimum atomic E-state index is -0.214. The zero-order valence-electron chi connectivity index (χ0n) is 20.4. The zero-order valence-corrected chi connectivity index (χ0v) is 20.4. The first-order valence-corrected chi connectivity index (χ1v) is 11.0. The van der Waals surface area contributed by atoms with Crippen LogP contribution in [0.4, 0.5) is 11.4 Å². The van der Waals surface area contributed by atoms with E-state index < -0.39 is 0 Å². The Bertz CT molecular complexity index is 904. The highest BCUT2D eigenvalue weighted by Crippen LogP contribution is 2.31. The summed E-state index contributed by atoms with van der Waals surface area (Å²) in [6.07, 6.45) is 0.450. The highest BCUT2D eigenvalue weighted by Gasteiger charge is 2.27. The molecule has 0 heterocycles. The van der Waals surface area contributed by atoms with Crippen LogP contribution in [0, 0.1) is 5.41 Å². The first-order chi connectivity index (χ1) is 15.0. The third-order valence-corrected chi connectivity index (χ3v) is 5.21. The molecule has 0 aliphatic carbocycles. The van der Waals surface area contributed by atoms with Gasteiger partial charge in [0.2, 0.25) is 11.8 Å². The van der Waals surface area contributed by atoms with Gasteiger partial charge in [-0.05, 0) is 41.7 Å². The Kier molecular flexibility index (Phi) is 8.84. The van der Waals surface area contributed by atoms with Crippen LogP contribution in [0.2, 0.25) is 0 Å². The summed E-state index contributed by atoms with van der Waals surface area (Å²) in [6, 6.07) is 15.8. The molecular formula is C26H37N3O3. The SMILES string of the molecule is COCC(=O)Nc1ccc(N(C)C)c(CN(C(=O)CC(C)(C)C)C(C)c2ccccc2)c1. The Morgan fingerprint density at radius 1 is 1.06 bits per heavy atom. The second-order valence-electron chi connectivity index (χ2n) is 9.56. The van der Waals surface area contributed by atoms with Crippen molar-refractivity contribution in [1.82, 2.24) is 4.90 Å². The fraction of sp³-hybridized carbons (Fsp3) is 0.462. The van der Waals surface area contributed by atoms with Crippen molar-refractivity contribution in [3.05, 3.63) is 59.7 Å². The van der Waals surface area contributed by atoms with Crippen LogP contribution in [0.15, 0.2) is 48.5 Å². The highest BCUT2D eigenvalue weighted by atomic mass is 16.5. The smallest absolute Gasteiger partial charge is 0.250 e. The summed E-state index contributed by atoms with van der Waals surface area (Å²) >= 11 is 0. The topological polar surface area (TPSA) is 61.9 Å². The van der Waals surface area contributed by atoms with Crippen molar-refractivity contribution in [2.45, 2.75) is 46.7 Å². The standard InChI is InChI=1S/C26H37N3O3/c1-19(20-11-9-8-10-12-20)29(25(31)16-26(2,3)4)17-21-15-22(27-24(30)18-32-7)13-14-23(21)28(5)6/h8-15,19H,16-18H2,1-7H3,(H,27,30). The van der Waals surface area contributed by atoms with Gasteiger partial charge < -0.3 is 19.9 Å². The van der Waals surface area contributed by atoms with E-state index in [0.29, 0.717) is 18.7 Å². The van der Waals surface area contributed by atoms with E-state index in [2.05, 4.69) is 45.1 Å². The number of amides is 2. The average molecular weight is 440 g/mol. The van der Waals surface area contributed by atoms with E-state index in [4.69, 9.17) is 4.74 Å². The van der Waals surface area contributed by atoms with Crippen molar-refractivity contribution in [3.63, 3.8) is 0 Å². The predicted molar refractivity (Wildman–Crippen MR) is 131 cm³/mol. The molecule has 0 spiro atoms. The molecule has 1 N–H and O–H groups in total. The second-order valence-corrected chi connectivity index (χ2v) is 9.56. The molecular weight excluding hydrogens is 402 g/mol. The lowest BCUT2D eigenvalue weighted by Gasteiger charge is -2.33. The van der Waals surface area contributed by atoms with E-state index in [1.807, 2.05) is 60.3 Å². The van der Waals surface area contributed by atoms with Gasteiger partial charge in [-0.3, -0.25) is 9.59 Å². The molecule has 2 rings (SSSR count). The van der Waals surface area contributed by atoms with Crippen LogP contribution in [-0.4, -0.2) is 44.5 Å². The Balaban J connectivity index is 2.43. The maximum Gasteiger partial charge on any atom is 0.250 e. The number of benzene rings is 2. The molecule has 0 saturated heterocycles. The van der Waals surface area contributed by atoms with Crippen LogP contribution in [-0.2, 0) is 20.9 Å². The van der Waals surface area contributed by atoms with Gasteiger partial charge in [-0.1, -0.05) is 51.1 Å². The van der Waals surface area contributed by atoms with Crippen LogP contribution < -0.4 is 10.2 Å². The van der Waals surface area contributed by atoms with E-state index in [-0.39, 0.29) is 29.9 Å². The molecule has 0 aliphatic rings. The van der Waals surface area contributed by atoms with Gasteiger partial charge >= 0.3 is 0 Å². The molecule has 2 aromatic rings. The van der Waals surface area contributed by atoms with E-state index in [0.717, 1.165) is 16.8 Å². The van der Waals surface area contributed by atoms with E-state index >= 15 is 0 Å². The molecule has 2 aromatic carbocycles. The van der Waals surface area contributed by atoms with Crippen LogP contribution in [0.1, 0.15) is 51.3 Å². The Morgan fingerprint density at radius 2 is 1.72 bits per heavy atom. The summed E-state index contributed by atoms with van der Waals surface area (Å²) in [7, 11) is 5.44. The van der Waals surface area contributed by atoms with Gasteiger partial charge in [0, 0.05) is 45.5 Å². The number of carbonyl (C=O) groups excluding carboxylic acids is 2. The van der Waals surface area contributed by atoms with E-state index in [9.17, 15) is 9.59 Å². The summed E-state index contributed by atoms with van der Waals surface area (Å²) in [4.78, 5) is 29.4. The number of carbonyl (C=O) groups is 2. The molecule has 174 valence electrons. The molecule has 0 fully saturated rings. The number of hydrogen-bond donors (Lipinski definition) is 1. The van der Waals surface area contributed by atoms with Gasteiger partial charge in [-0.15, -0.1) is 0 Å². The normalized spacial score (nSPS) is 12.2. The van der Waals surface area contributed by atoms with Crippen LogP contribution in [0.5, 0.6) is 0 Å². The van der Waals surface area contributed by atoms with Crippen LogP contribution in [0.3, 0.4) is 0 Å². The molecule has 1 atom stereocenters. The molecule has 2 amide bonds. The largest absolute Gasteiger partial charge is 0.377 e. The minimum Gasteiger partial charge on any atom is -0.377 e. The van der Waals surface area contributed by atoms with Crippen molar-refractivity contribution in [2.75, 3.05) is 38.0 Å². The summed E-state index contributed by atoms with van der Waals surface area (Å²) in [6.45, 7) is 8.72. The average Bonchev–Trinajstić information content (AvgIpc) is 2.71. The number of nitrogens with zero attached hydrogens (tertiary/aromatic N) is 2. The Labute approximate surface area is 192 Å². The molecule has 0 saturated carbocycles. The van der Waals surface area contributed by atoms with E-state index in [1.54, 1.807) is 0 Å². The van der Waals surface area contributed by atoms with Gasteiger partial charge in [0.1, 0.15) is 6.61 Å². The third-order valence-electron chi connectivity index (χ3n) is 5.21. The number of hydrogen-bond acceptors (Lipinski definition) is 4. The molecule has 6 nitrogen and oxygen atoms in total. The number of methoxy groups -OCH3 is 1. The van der Waals surface area contributed by atoms with Crippen molar-refractivity contribution in [1.29, 1.82) is 0 Å². The second kappa shape index (κ2) is 11.1. The van der Waals surface area contributed by atoms with Gasteiger partial charge in [0.05, 0.1) is 6.04 Å². The maximum absolute atomic E-state index is 13.4. The molecule has 1 unspecified atom stereocenters. The van der Waals surface area contributed by atoms with Crippen molar-refractivity contribution >= 4 is 23.2 Å². The Hall–Kier alpha value is -2.86. The monoisotopic (exact) mass is 439 g/mol. The van der Waals surface area contributed by atoms with Crippen LogP contribution >= 0.6 is 0 Å². The molecule has 32 heavy (non-hydrogen) atoms. The fourth-order valence-corrected chi connectivity index (χ4v) is 3.65. The molecule has 0 aromatic heterocycles. The first-order valence-electron chi connectivity index (χ1n) is 11.0. The maximum atomic E-state index is 13.4. The van der Waals surface area contributed by atoms with Crippen molar-refractivity contribution < 1.29 is 14.3 Å². The van der Waals surface area contributed by atoms with Crippen molar-refractivity contribution in [3.8, 4) is 0 Å². The summed E-state index contributed by atoms with van der Waals surface area (Å²) in [5.74, 6) is -0.109. The van der Waals surface area contributed by atoms with Gasteiger partial charge in [0.15, 0.2) is 0 Å². The summed E-state index contributed by atoms with van der Waals surface area (Å²) in [5, 5.41) is 2.87. The third kappa shape index (κ3) is 7.38. The number of rotatable bonds is 9. The highest BCUT2D eigenvalue weighted by molar-refractivity contribution is 5.92. The van der Waals surface area contributed by atoms with Crippen molar-refractivity contribution in [2.24, 2.45) is 5.41 Å². The summed E-state index contributed by atoms with van der Waals surface area (Å²) in [5.41, 5.74) is 3.62. The van der Waals surface area contributed by atoms with Gasteiger partial charge in [0.25, 0.3) is 0 Å². The lowest BCUT2D eigenvalue weighted by Crippen LogP contribution is -2.35. The van der Waals surface area contributed by atoms with Gasteiger partial charge in [-0.25, -0.2) is 0 Å². The molecule has 0 bridgehead atoms. The summed E-state index contributed by atoms with van der Waals surface area (Å²) < 4.78 is 4.92. The lowest BCUT2D eigenvalue weighted by molar-refractivity contribution is -0.136. The number of nitrogens with one attached hydrogen (secondary N) is 1. The first kappa shape index (κ1) is 25.4. The number of anilines is 2. The minimum absolute atomic E-state index is 0.00794. The molecule has 0 aliphatic heterocycles. The molecule has 6 heteroatoms. The number of ether oxygens (including phenoxy) is 1. The molecule has 0 radical (unpaired) electrons. The Morgan fingerprint density at radius 3 is 2.28 bits per heavy atom. The van der Waals surface area contributed by atoms with Crippen LogP contribution in [0.25, 0.3) is 0 Å². The predicted octanol–water partition coefficient (Wildman–Crippen LogP) is 4.86. The van der Waals surface area contributed by atoms with E-state index in [1.165, 1.54) is 7.11 Å². The quantitative estimate of drug-likeness (QED) is 0.606. The van der Waals surface area contributed by atoms with Gasteiger partial charge in [-0.2, -0.15) is 0 Å². The fourth-order valence-electron chi connectivity index (χ4n) is 3.65. The zero-order chi connectivity index (χ0) is 23.9. The lowest BCUT2D eigenvalue weighted by atomic mass is 9.91.